The van der Waals surface area contributed by atoms with Crippen molar-refractivity contribution in [2.24, 2.45) is 5.73 Å². The maximum Gasteiger partial charge on any atom is 0.0897 e. The standard InChI is InChI=1S/C10H16N2S/c1-7-12-8(6-13-7)9(2,3)10(11)4-5-10/h6H,4-5,11H2,1-3H3. The average molecular weight is 196 g/mol. The Morgan fingerprint density at radius 2 is 2.15 bits per heavy atom. The smallest absolute Gasteiger partial charge is 0.0897 e. The molecule has 1 aromatic heterocycles. The molecule has 3 heteroatoms. The topological polar surface area (TPSA) is 38.9 Å². The molecular weight excluding hydrogens is 180 g/mol. The highest BCUT2D eigenvalue weighted by Crippen LogP contribution is 2.48. The second-order valence-electron chi connectivity index (χ2n) is 4.53. The third-order valence-corrected chi connectivity index (χ3v) is 4.07. The van der Waals surface area contributed by atoms with Gasteiger partial charge in [0.25, 0.3) is 0 Å². The second kappa shape index (κ2) is 2.55. The molecule has 0 amide bonds. The summed E-state index contributed by atoms with van der Waals surface area (Å²) in [6, 6.07) is 0. The molecule has 0 spiro atoms. The van der Waals surface area contributed by atoms with E-state index in [1.54, 1.807) is 11.3 Å². The van der Waals surface area contributed by atoms with Crippen molar-refractivity contribution in [3.05, 3.63) is 16.1 Å². The molecule has 1 aliphatic rings. The summed E-state index contributed by atoms with van der Waals surface area (Å²) < 4.78 is 0. The minimum Gasteiger partial charge on any atom is -0.324 e. The Morgan fingerprint density at radius 1 is 1.54 bits per heavy atom. The number of hydrogen-bond acceptors (Lipinski definition) is 3. The highest BCUT2D eigenvalue weighted by Gasteiger charge is 2.52. The van der Waals surface area contributed by atoms with E-state index in [4.69, 9.17) is 5.73 Å². The van der Waals surface area contributed by atoms with Crippen molar-refractivity contribution in [3.63, 3.8) is 0 Å². The van der Waals surface area contributed by atoms with Crippen LogP contribution in [0.2, 0.25) is 0 Å². The molecule has 1 aromatic rings. The van der Waals surface area contributed by atoms with Crippen molar-refractivity contribution >= 4 is 11.3 Å². The van der Waals surface area contributed by atoms with Crippen LogP contribution in [0, 0.1) is 6.92 Å². The van der Waals surface area contributed by atoms with Gasteiger partial charge >= 0.3 is 0 Å². The van der Waals surface area contributed by atoms with Crippen LogP contribution in [-0.2, 0) is 5.41 Å². The first kappa shape index (κ1) is 9.16. The fourth-order valence-corrected chi connectivity index (χ4v) is 2.45. The van der Waals surface area contributed by atoms with E-state index in [-0.39, 0.29) is 11.0 Å². The van der Waals surface area contributed by atoms with Crippen LogP contribution in [0.1, 0.15) is 37.4 Å². The van der Waals surface area contributed by atoms with Crippen LogP contribution in [0.15, 0.2) is 5.38 Å². The highest BCUT2D eigenvalue weighted by atomic mass is 32.1. The summed E-state index contributed by atoms with van der Waals surface area (Å²) in [4.78, 5) is 4.53. The van der Waals surface area contributed by atoms with Gasteiger partial charge in [-0.3, -0.25) is 0 Å². The molecule has 72 valence electrons. The molecule has 1 saturated carbocycles. The number of thiazole rings is 1. The van der Waals surface area contributed by atoms with Crippen molar-refractivity contribution in [2.45, 2.75) is 44.6 Å². The van der Waals surface area contributed by atoms with Crippen molar-refractivity contribution in [1.29, 1.82) is 0 Å². The van der Waals surface area contributed by atoms with Gasteiger partial charge in [0.1, 0.15) is 0 Å². The lowest BCUT2D eigenvalue weighted by Gasteiger charge is -2.30. The molecule has 0 unspecified atom stereocenters. The van der Waals surface area contributed by atoms with Crippen LogP contribution in [0.3, 0.4) is 0 Å². The first-order valence-electron chi connectivity index (χ1n) is 4.67. The lowest BCUT2D eigenvalue weighted by atomic mass is 9.80. The van der Waals surface area contributed by atoms with Gasteiger partial charge in [0.15, 0.2) is 0 Å². The Balaban J connectivity index is 2.34. The molecule has 1 aliphatic carbocycles. The van der Waals surface area contributed by atoms with E-state index in [1.807, 2.05) is 6.92 Å². The second-order valence-corrected chi connectivity index (χ2v) is 5.60. The van der Waals surface area contributed by atoms with Crippen LogP contribution in [0.5, 0.6) is 0 Å². The van der Waals surface area contributed by atoms with E-state index in [9.17, 15) is 0 Å². The average Bonchev–Trinajstić information content (AvgIpc) is 2.63. The van der Waals surface area contributed by atoms with Crippen LogP contribution in [0.25, 0.3) is 0 Å². The van der Waals surface area contributed by atoms with Gasteiger partial charge in [0.05, 0.1) is 10.7 Å². The summed E-state index contributed by atoms with van der Waals surface area (Å²) in [6.07, 6.45) is 2.27. The first-order chi connectivity index (χ1) is 5.96. The molecule has 1 heterocycles. The van der Waals surface area contributed by atoms with Crippen LogP contribution >= 0.6 is 11.3 Å². The molecule has 0 aromatic carbocycles. The number of nitrogens with zero attached hydrogens (tertiary/aromatic N) is 1. The lowest BCUT2D eigenvalue weighted by Crippen LogP contribution is -2.43. The molecule has 1 fully saturated rings. The van der Waals surface area contributed by atoms with E-state index in [1.165, 1.54) is 0 Å². The summed E-state index contributed by atoms with van der Waals surface area (Å²) in [5.74, 6) is 0. The number of nitrogens with two attached hydrogens (primary N) is 1. The molecule has 0 radical (unpaired) electrons. The summed E-state index contributed by atoms with van der Waals surface area (Å²) in [5.41, 5.74) is 7.44. The molecular formula is C10H16N2S. The van der Waals surface area contributed by atoms with E-state index in [0.29, 0.717) is 0 Å². The van der Waals surface area contributed by atoms with Crippen LogP contribution in [0.4, 0.5) is 0 Å². The predicted molar refractivity (Wildman–Crippen MR) is 56.0 cm³/mol. The minimum atomic E-state index is 0.00745. The zero-order valence-corrected chi connectivity index (χ0v) is 9.24. The normalized spacial score (nSPS) is 20.3. The van der Waals surface area contributed by atoms with E-state index in [2.05, 4.69) is 24.2 Å². The van der Waals surface area contributed by atoms with Crippen LogP contribution < -0.4 is 5.73 Å². The van der Waals surface area contributed by atoms with Gasteiger partial charge in [0.2, 0.25) is 0 Å². The van der Waals surface area contributed by atoms with Crippen molar-refractivity contribution in [3.8, 4) is 0 Å². The van der Waals surface area contributed by atoms with E-state index >= 15 is 0 Å². The zero-order valence-electron chi connectivity index (χ0n) is 8.42. The maximum absolute atomic E-state index is 6.23. The van der Waals surface area contributed by atoms with Gasteiger partial charge in [-0.15, -0.1) is 11.3 Å². The molecule has 0 bridgehead atoms. The number of aryl methyl sites for hydroxylation is 1. The Labute approximate surface area is 83.2 Å². The first-order valence-corrected chi connectivity index (χ1v) is 5.55. The van der Waals surface area contributed by atoms with Gasteiger partial charge in [-0.05, 0) is 19.8 Å². The van der Waals surface area contributed by atoms with E-state index < -0.39 is 0 Å². The fraction of sp³-hybridized carbons (Fsp3) is 0.700. The van der Waals surface area contributed by atoms with Gasteiger partial charge < -0.3 is 5.73 Å². The molecule has 0 saturated heterocycles. The SMILES string of the molecule is Cc1nc(C(C)(C)C2(N)CC2)cs1. The molecule has 2 rings (SSSR count). The fourth-order valence-electron chi connectivity index (χ4n) is 1.67. The molecule has 0 atom stereocenters. The zero-order chi connectivity index (χ0) is 9.69. The van der Waals surface area contributed by atoms with Gasteiger partial charge in [-0.1, -0.05) is 13.8 Å². The van der Waals surface area contributed by atoms with Crippen molar-refractivity contribution in [2.75, 3.05) is 0 Å². The minimum absolute atomic E-state index is 0.00745. The van der Waals surface area contributed by atoms with Gasteiger partial charge in [-0.2, -0.15) is 0 Å². The Hall–Kier alpha value is -0.410. The molecule has 13 heavy (non-hydrogen) atoms. The Bertz CT molecular complexity index is 323. The third kappa shape index (κ3) is 1.30. The van der Waals surface area contributed by atoms with Crippen molar-refractivity contribution < 1.29 is 0 Å². The third-order valence-electron chi connectivity index (χ3n) is 3.29. The van der Waals surface area contributed by atoms with Gasteiger partial charge in [0, 0.05) is 16.3 Å². The van der Waals surface area contributed by atoms with Crippen molar-refractivity contribution in [1.82, 2.24) is 4.98 Å². The summed E-state index contributed by atoms with van der Waals surface area (Å²) in [7, 11) is 0. The van der Waals surface area contributed by atoms with Crippen LogP contribution in [-0.4, -0.2) is 10.5 Å². The largest absolute Gasteiger partial charge is 0.324 e. The molecule has 2 N–H and O–H groups in total. The summed E-state index contributed by atoms with van der Waals surface area (Å²) in [6.45, 7) is 6.45. The lowest BCUT2D eigenvalue weighted by molar-refractivity contribution is 0.382. The number of aromatic nitrogens is 1. The summed E-state index contributed by atoms with van der Waals surface area (Å²) in [5, 5.41) is 3.27. The number of rotatable bonds is 2. The number of hydrogen-bond donors (Lipinski definition) is 1. The highest BCUT2D eigenvalue weighted by molar-refractivity contribution is 7.09. The Kier molecular flexibility index (Phi) is 1.79. The maximum atomic E-state index is 6.23. The quantitative estimate of drug-likeness (QED) is 0.787. The van der Waals surface area contributed by atoms with E-state index in [0.717, 1.165) is 23.5 Å². The van der Waals surface area contributed by atoms with Gasteiger partial charge in [-0.25, -0.2) is 4.98 Å². The molecule has 2 nitrogen and oxygen atoms in total. The summed E-state index contributed by atoms with van der Waals surface area (Å²) >= 11 is 1.71. The predicted octanol–water partition coefficient (Wildman–Crippen LogP) is 2.22. The monoisotopic (exact) mass is 196 g/mol. The molecule has 0 aliphatic heterocycles. The Morgan fingerprint density at radius 3 is 2.54 bits per heavy atom.